The fourth-order valence-electron chi connectivity index (χ4n) is 5.11. The SMILES string of the molecule is CS(=O)(=O)N(CC(=O)N(Cc1ccc(F)cc1)[C@H](C(=O)NCCC1=CCCCC1)c1ccccc1)Cc1ccccc1. The Morgan fingerprint density at radius 1 is 0.881 bits per heavy atom. The van der Waals surface area contributed by atoms with Crippen LogP contribution in [0.5, 0.6) is 0 Å². The summed E-state index contributed by atoms with van der Waals surface area (Å²) in [5.74, 6) is -1.32. The highest BCUT2D eigenvalue weighted by molar-refractivity contribution is 7.88. The van der Waals surface area contributed by atoms with E-state index in [4.69, 9.17) is 0 Å². The van der Waals surface area contributed by atoms with E-state index in [0.29, 0.717) is 17.7 Å². The number of nitrogens with one attached hydrogen (secondary N) is 1. The van der Waals surface area contributed by atoms with E-state index in [1.54, 1.807) is 60.7 Å². The van der Waals surface area contributed by atoms with Crippen LogP contribution in [0.3, 0.4) is 0 Å². The zero-order valence-corrected chi connectivity index (χ0v) is 24.7. The van der Waals surface area contributed by atoms with Gasteiger partial charge in [0, 0.05) is 19.6 Å². The molecule has 0 saturated heterocycles. The topological polar surface area (TPSA) is 86.8 Å². The van der Waals surface area contributed by atoms with Crippen molar-refractivity contribution in [3.63, 3.8) is 0 Å². The van der Waals surface area contributed by atoms with Gasteiger partial charge in [0.2, 0.25) is 21.8 Å². The Labute approximate surface area is 248 Å². The third-order valence-corrected chi connectivity index (χ3v) is 8.57. The van der Waals surface area contributed by atoms with E-state index in [1.807, 2.05) is 12.1 Å². The second-order valence-electron chi connectivity index (χ2n) is 10.6. The number of hydrogen-bond donors (Lipinski definition) is 1. The Hall–Kier alpha value is -3.82. The van der Waals surface area contributed by atoms with Crippen molar-refractivity contribution in [2.24, 2.45) is 0 Å². The minimum atomic E-state index is -3.78. The van der Waals surface area contributed by atoms with E-state index in [0.717, 1.165) is 41.8 Å². The normalized spacial score (nSPS) is 14.2. The Balaban J connectivity index is 1.64. The lowest BCUT2D eigenvalue weighted by atomic mass is 9.97. The Morgan fingerprint density at radius 3 is 2.14 bits per heavy atom. The molecule has 2 amide bonds. The van der Waals surface area contributed by atoms with Crippen LogP contribution in [0, 0.1) is 5.82 Å². The standard InChI is InChI=1S/C33H38FN3O4S/c1-42(40,41)36(23-27-13-7-3-8-14-27)25-31(38)37(24-28-17-19-30(34)20-18-28)32(29-15-9-4-10-16-29)33(39)35-22-21-26-11-5-2-6-12-26/h3-4,7-11,13-20,32H,2,5-6,12,21-25H2,1H3,(H,35,39)/t32-/m0/s1. The molecule has 4 rings (SSSR count). The third kappa shape index (κ3) is 9.09. The molecular weight excluding hydrogens is 553 g/mol. The maximum atomic E-state index is 14.1. The van der Waals surface area contributed by atoms with Gasteiger partial charge in [-0.2, -0.15) is 4.31 Å². The number of allylic oxidation sites excluding steroid dienone is 1. The van der Waals surface area contributed by atoms with Crippen molar-refractivity contribution >= 4 is 21.8 Å². The van der Waals surface area contributed by atoms with Crippen LogP contribution in [-0.2, 0) is 32.7 Å². The van der Waals surface area contributed by atoms with Gasteiger partial charge in [0.15, 0.2) is 0 Å². The van der Waals surface area contributed by atoms with Crippen molar-refractivity contribution in [1.29, 1.82) is 0 Å². The molecule has 0 aromatic heterocycles. The first kappa shape index (κ1) is 31.1. The molecular formula is C33H38FN3O4S. The van der Waals surface area contributed by atoms with Crippen molar-refractivity contribution in [3.8, 4) is 0 Å². The predicted molar refractivity (Wildman–Crippen MR) is 162 cm³/mol. The summed E-state index contributed by atoms with van der Waals surface area (Å²) in [5.41, 5.74) is 3.26. The number of rotatable bonds is 13. The number of nitrogens with zero attached hydrogens (tertiary/aromatic N) is 2. The third-order valence-electron chi connectivity index (χ3n) is 7.37. The van der Waals surface area contributed by atoms with Crippen molar-refractivity contribution in [1.82, 2.24) is 14.5 Å². The van der Waals surface area contributed by atoms with Crippen LogP contribution in [0.2, 0.25) is 0 Å². The van der Waals surface area contributed by atoms with E-state index in [2.05, 4.69) is 11.4 Å². The van der Waals surface area contributed by atoms with E-state index >= 15 is 0 Å². The summed E-state index contributed by atoms with van der Waals surface area (Å²) in [6.07, 6.45) is 8.44. The van der Waals surface area contributed by atoms with Gasteiger partial charge in [-0.15, -0.1) is 0 Å². The maximum absolute atomic E-state index is 14.1. The van der Waals surface area contributed by atoms with Gasteiger partial charge in [-0.1, -0.05) is 84.4 Å². The Morgan fingerprint density at radius 2 is 1.52 bits per heavy atom. The molecule has 9 heteroatoms. The Bertz CT molecular complexity index is 1460. The molecule has 0 radical (unpaired) electrons. The maximum Gasteiger partial charge on any atom is 0.247 e. The van der Waals surface area contributed by atoms with Gasteiger partial charge in [-0.25, -0.2) is 12.8 Å². The van der Waals surface area contributed by atoms with Crippen LogP contribution in [0.4, 0.5) is 4.39 Å². The van der Waals surface area contributed by atoms with Crippen LogP contribution in [0.25, 0.3) is 0 Å². The summed E-state index contributed by atoms with van der Waals surface area (Å²) in [6.45, 7) is -0.0399. The summed E-state index contributed by atoms with van der Waals surface area (Å²) >= 11 is 0. The molecule has 1 atom stereocenters. The minimum Gasteiger partial charge on any atom is -0.354 e. The van der Waals surface area contributed by atoms with Gasteiger partial charge in [-0.3, -0.25) is 9.59 Å². The van der Waals surface area contributed by atoms with Crippen LogP contribution >= 0.6 is 0 Å². The van der Waals surface area contributed by atoms with Crippen LogP contribution < -0.4 is 5.32 Å². The molecule has 222 valence electrons. The summed E-state index contributed by atoms with van der Waals surface area (Å²) in [4.78, 5) is 29.3. The van der Waals surface area contributed by atoms with Gasteiger partial charge in [-0.05, 0) is 60.9 Å². The lowest BCUT2D eigenvalue weighted by Gasteiger charge is -2.33. The second kappa shape index (κ2) is 14.9. The number of carbonyl (C=O) groups is 2. The second-order valence-corrected chi connectivity index (χ2v) is 12.6. The molecule has 1 aliphatic carbocycles. The highest BCUT2D eigenvalue weighted by Crippen LogP contribution is 2.26. The largest absolute Gasteiger partial charge is 0.354 e. The average molecular weight is 592 g/mol. The quantitative estimate of drug-likeness (QED) is 0.271. The lowest BCUT2D eigenvalue weighted by Crippen LogP contribution is -2.48. The molecule has 0 heterocycles. The molecule has 7 nitrogen and oxygen atoms in total. The summed E-state index contributed by atoms with van der Waals surface area (Å²) in [7, 11) is -3.78. The van der Waals surface area contributed by atoms with Gasteiger partial charge < -0.3 is 10.2 Å². The number of sulfonamides is 1. The first-order chi connectivity index (χ1) is 20.2. The summed E-state index contributed by atoms with van der Waals surface area (Å²) in [6, 6.07) is 22.7. The molecule has 0 saturated carbocycles. The number of carbonyl (C=O) groups excluding carboxylic acids is 2. The van der Waals surface area contributed by atoms with Crippen molar-refractivity contribution in [2.45, 2.75) is 51.2 Å². The molecule has 1 aliphatic rings. The monoisotopic (exact) mass is 591 g/mol. The molecule has 3 aromatic rings. The smallest absolute Gasteiger partial charge is 0.247 e. The molecule has 1 N–H and O–H groups in total. The first-order valence-corrected chi connectivity index (χ1v) is 16.1. The number of amides is 2. The number of benzene rings is 3. The highest BCUT2D eigenvalue weighted by atomic mass is 32.2. The van der Waals surface area contributed by atoms with Crippen LogP contribution in [0.1, 0.15) is 54.8 Å². The average Bonchev–Trinajstić information content (AvgIpc) is 2.98. The van der Waals surface area contributed by atoms with E-state index in [-0.39, 0.29) is 19.0 Å². The van der Waals surface area contributed by atoms with Crippen molar-refractivity contribution in [2.75, 3.05) is 19.3 Å². The first-order valence-electron chi connectivity index (χ1n) is 14.2. The van der Waals surface area contributed by atoms with Gasteiger partial charge >= 0.3 is 0 Å². The lowest BCUT2D eigenvalue weighted by molar-refractivity contribution is -0.141. The van der Waals surface area contributed by atoms with Crippen molar-refractivity contribution < 1.29 is 22.4 Å². The molecule has 0 fully saturated rings. The zero-order chi connectivity index (χ0) is 30.0. The molecule has 42 heavy (non-hydrogen) atoms. The van der Waals surface area contributed by atoms with Gasteiger partial charge in [0.25, 0.3) is 0 Å². The molecule has 0 aliphatic heterocycles. The fraction of sp³-hybridized carbons (Fsp3) is 0.333. The molecule has 0 unspecified atom stereocenters. The fourth-order valence-corrected chi connectivity index (χ4v) is 5.84. The van der Waals surface area contributed by atoms with E-state index in [1.165, 1.54) is 29.0 Å². The Kier molecular flexibility index (Phi) is 11.0. The van der Waals surface area contributed by atoms with Gasteiger partial charge in [0.05, 0.1) is 12.8 Å². The van der Waals surface area contributed by atoms with Crippen LogP contribution in [0.15, 0.2) is 96.6 Å². The molecule has 0 spiro atoms. The summed E-state index contributed by atoms with van der Waals surface area (Å²) < 4.78 is 40.4. The number of halogens is 1. The van der Waals surface area contributed by atoms with Crippen LogP contribution in [-0.4, -0.2) is 48.8 Å². The number of hydrogen-bond acceptors (Lipinski definition) is 4. The van der Waals surface area contributed by atoms with E-state index in [9.17, 15) is 22.4 Å². The van der Waals surface area contributed by atoms with E-state index < -0.39 is 34.3 Å². The molecule has 0 bridgehead atoms. The minimum absolute atomic E-state index is 0.00706. The van der Waals surface area contributed by atoms with Gasteiger partial charge in [0.1, 0.15) is 11.9 Å². The summed E-state index contributed by atoms with van der Waals surface area (Å²) in [5, 5.41) is 3.02. The highest BCUT2D eigenvalue weighted by Gasteiger charge is 2.33. The van der Waals surface area contributed by atoms with Crippen molar-refractivity contribution in [3.05, 3.63) is 119 Å². The zero-order valence-electron chi connectivity index (χ0n) is 23.9. The molecule has 3 aromatic carbocycles. The predicted octanol–water partition coefficient (Wildman–Crippen LogP) is 5.36.